The highest BCUT2D eigenvalue weighted by Crippen LogP contribution is 2.30. The second kappa shape index (κ2) is 8.76. The molecule has 0 aliphatic heterocycles. The molecular weight excluding hydrogens is 302 g/mol. The van der Waals surface area contributed by atoms with Crippen molar-refractivity contribution in [2.75, 3.05) is 11.9 Å². The van der Waals surface area contributed by atoms with Gasteiger partial charge < -0.3 is 16.4 Å². The summed E-state index contributed by atoms with van der Waals surface area (Å²) < 4.78 is 0. The van der Waals surface area contributed by atoms with E-state index in [1.807, 2.05) is 24.3 Å². The van der Waals surface area contributed by atoms with Crippen LogP contribution in [0.1, 0.15) is 31.7 Å². The average Bonchev–Trinajstić information content (AvgIpc) is 2.94. The maximum absolute atomic E-state index is 12.2. The van der Waals surface area contributed by atoms with Crippen molar-refractivity contribution in [3.63, 3.8) is 0 Å². The summed E-state index contributed by atoms with van der Waals surface area (Å²) in [7, 11) is 0. The third-order valence-corrected chi connectivity index (χ3v) is 4.04. The van der Waals surface area contributed by atoms with E-state index in [9.17, 15) is 9.59 Å². The molecule has 0 unspecified atom stereocenters. The van der Waals surface area contributed by atoms with Crippen LogP contribution in [0.3, 0.4) is 0 Å². The van der Waals surface area contributed by atoms with Crippen LogP contribution in [-0.2, 0) is 16.1 Å². The van der Waals surface area contributed by atoms with Gasteiger partial charge in [0.2, 0.25) is 11.8 Å². The van der Waals surface area contributed by atoms with Crippen LogP contribution in [0.5, 0.6) is 0 Å². The predicted molar refractivity (Wildman–Crippen MR) is 89.7 cm³/mol. The summed E-state index contributed by atoms with van der Waals surface area (Å²) in [5, 5.41) is 5.70. The van der Waals surface area contributed by atoms with Crippen LogP contribution < -0.4 is 16.4 Å². The van der Waals surface area contributed by atoms with Crippen LogP contribution >= 0.6 is 12.4 Å². The number of amides is 2. The molecule has 2 amide bonds. The second-order valence-electron chi connectivity index (χ2n) is 5.63. The third-order valence-electron chi connectivity index (χ3n) is 4.04. The molecule has 0 spiro atoms. The molecule has 2 atom stereocenters. The molecule has 0 saturated heterocycles. The van der Waals surface area contributed by atoms with E-state index in [0.29, 0.717) is 19.0 Å². The Morgan fingerprint density at radius 1 is 1.23 bits per heavy atom. The lowest BCUT2D eigenvalue weighted by molar-refractivity contribution is -0.126. The van der Waals surface area contributed by atoms with E-state index >= 15 is 0 Å². The van der Waals surface area contributed by atoms with Gasteiger partial charge in [-0.2, -0.15) is 0 Å². The Morgan fingerprint density at radius 3 is 2.50 bits per heavy atom. The highest BCUT2D eigenvalue weighted by molar-refractivity contribution is 5.88. The molecule has 22 heavy (non-hydrogen) atoms. The van der Waals surface area contributed by atoms with E-state index in [2.05, 4.69) is 10.6 Å². The van der Waals surface area contributed by atoms with Crippen LogP contribution in [-0.4, -0.2) is 18.4 Å². The summed E-state index contributed by atoms with van der Waals surface area (Å²) in [5.41, 5.74) is 7.49. The smallest absolute Gasteiger partial charge is 0.223 e. The van der Waals surface area contributed by atoms with Crippen molar-refractivity contribution in [2.24, 2.45) is 17.6 Å². The van der Waals surface area contributed by atoms with Crippen molar-refractivity contribution >= 4 is 29.9 Å². The number of anilines is 1. The minimum atomic E-state index is -0.0925. The van der Waals surface area contributed by atoms with Gasteiger partial charge in [-0.05, 0) is 43.0 Å². The molecule has 1 saturated carbocycles. The zero-order chi connectivity index (χ0) is 15.2. The lowest BCUT2D eigenvalue weighted by Gasteiger charge is -2.17. The molecule has 0 radical (unpaired) electrons. The summed E-state index contributed by atoms with van der Waals surface area (Å²) in [6.07, 6.45) is 3.08. The quantitative estimate of drug-likeness (QED) is 0.774. The molecule has 122 valence electrons. The van der Waals surface area contributed by atoms with Crippen molar-refractivity contribution in [1.29, 1.82) is 0 Å². The van der Waals surface area contributed by atoms with Gasteiger partial charge in [0.25, 0.3) is 0 Å². The van der Waals surface area contributed by atoms with Crippen molar-refractivity contribution in [2.45, 2.75) is 32.7 Å². The Kier molecular flexibility index (Phi) is 7.35. The van der Waals surface area contributed by atoms with E-state index in [1.165, 1.54) is 6.92 Å². The van der Waals surface area contributed by atoms with Gasteiger partial charge in [0.1, 0.15) is 0 Å². The summed E-state index contributed by atoms with van der Waals surface area (Å²) in [5.74, 6) is 0.403. The lowest BCUT2D eigenvalue weighted by atomic mass is 9.95. The Morgan fingerprint density at radius 2 is 1.91 bits per heavy atom. The van der Waals surface area contributed by atoms with Crippen LogP contribution in [0.25, 0.3) is 0 Å². The van der Waals surface area contributed by atoms with Gasteiger partial charge in [-0.1, -0.05) is 18.6 Å². The fourth-order valence-corrected chi connectivity index (χ4v) is 2.89. The molecular formula is C16H24ClN3O2. The number of halogens is 1. The summed E-state index contributed by atoms with van der Waals surface area (Å²) >= 11 is 0. The number of benzene rings is 1. The molecule has 1 aromatic carbocycles. The van der Waals surface area contributed by atoms with Crippen LogP contribution in [0.15, 0.2) is 24.3 Å². The average molecular weight is 326 g/mol. The first-order chi connectivity index (χ1) is 10.1. The van der Waals surface area contributed by atoms with E-state index < -0.39 is 0 Å². The zero-order valence-electron chi connectivity index (χ0n) is 12.8. The maximum Gasteiger partial charge on any atom is 0.223 e. The van der Waals surface area contributed by atoms with Crippen molar-refractivity contribution < 1.29 is 9.59 Å². The van der Waals surface area contributed by atoms with E-state index in [-0.39, 0.29) is 30.1 Å². The minimum absolute atomic E-state index is 0. The molecule has 4 N–H and O–H groups in total. The molecule has 6 heteroatoms. The van der Waals surface area contributed by atoms with Gasteiger partial charge in [0, 0.05) is 25.1 Å². The van der Waals surface area contributed by atoms with Crippen LogP contribution in [0.4, 0.5) is 5.69 Å². The maximum atomic E-state index is 12.2. The zero-order valence-corrected chi connectivity index (χ0v) is 13.6. The molecule has 1 aliphatic carbocycles. The summed E-state index contributed by atoms with van der Waals surface area (Å²) in [6.45, 7) is 2.57. The van der Waals surface area contributed by atoms with Crippen molar-refractivity contribution in [3.8, 4) is 0 Å². The number of hydrogen-bond donors (Lipinski definition) is 3. The monoisotopic (exact) mass is 325 g/mol. The lowest BCUT2D eigenvalue weighted by Crippen LogP contribution is -2.34. The number of nitrogens with two attached hydrogens (primary N) is 1. The van der Waals surface area contributed by atoms with Crippen molar-refractivity contribution in [3.05, 3.63) is 29.8 Å². The number of carbonyl (C=O) groups is 2. The van der Waals surface area contributed by atoms with Gasteiger partial charge in [0.15, 0.2) is 0 Å². The van der Waals surface area contributed by atoms with E-state index in [0.717, 1.165) is 30.5 Å². The molecule has 0 bridgehead atoms. The van der Waals surface area contributed by atoms with Crippen LogP contribution in [0.2, 0.25) is 0 Å². The second-order valence-corrected chi connectivity index (χ2v) is 5.63. The fourth-order valence-electron chi connectivity index (χ4n) is 2.89. The first-order valence-electron chi connectivity index (χ1n) is 7.44. The Labute approximate surface area is 137 Å². The SMILES string of the molecule is CC(=O)Nc1ccc(CNC(=O)[C@@H]2CCC[C@@H]2CN)cc1.Cl. The Hall–Kier alpha value is -1.59. The summed E-state index contributed by atoms with van der Waals surface area (Å²) in [6, 6.07) is 7.48. The first-order valence-corrected chi connectivity index (χ1v) is 7.44. The predicted octanol–water partition coefficient (Wildman–Crippen LogP) is 2.06. The fraction of sp³-hybridized carbons (Fsp3) is 0.500. The topological polar surface area (TPSA) is 84.2 Å². The van der Waals surface area contributed by atoms with Gasteiger partial charge in [0.05, 0.1) is 0 Å². The van der Waals surface area contributed by atoms with Gasteiger partial charge >= 0.3 is 0 Å². The summed E-state index contributed by atoms with van der Waals surface area (Å²) in [4.78, 5) is 23.1. The number of rotatable bonds is 5. The standard InChI is InChI=1S/C16H23N3O2.ClH/c1-11(20)19-14-7-5-12(6-8-14)10-18-16(21)15-4-2-3-13(15)9-17;/h5-8,13,15H,2-4,9-10,17H2,1H3,(H,18,21)(H,19,20);1H/t13-,15-;/m1./s1. The largest absolute Gasteiger partial charge is 0.352 e. The molecule has 5 nitrogen and oxygen atoms in total. The third kappa shape index (κ3) is 5.00. The molecule has 1 aromatic rings. The van der Waals surface area contributed by atoms with Gasteiger partial charge in [-0.3, -0.25) is 9.59 Å². The highest BCUT2D eigenvalue weighted by Gasteiger charge is 2.31. The minimum Gasteiger partial charge on any atom is -0.352 e. The van der Waals surface area contributed by atoms with Crippen molar-refractivity contribution in [1.82, 2.24) is 5.32 Å². The Balaban J connectivity index is 0.00000242. The molecule has 0 heterocycles. The normalized spacial score (nSPS) is 20.1. The Bertz CT molecular complexity index is 505. The number of carbonyl (C=O) groups excluding carboxylic acids is 2. The number of nitrogens with one attached hydrogen (secondary N) is 2. The molecule has 1 aliphatic rings. The van der Waals surface area contributed by atoms with E-state index in [4.69, 9.17) is 5.73 Å². The molecule has 1 fully saturated rings. The van der Waals surface area contributed by atoms with Gasteiger partial charge in [-0.15, -0.1) is 12.4 Å². The first kappa shape index (κ1) is 18.5. The van der Waals surface area contributed by atoms with E-state index in [1.54, 1.807) is 0 Å². The molecule has 2 rings (SSSR count). The van der Waals surface area contributed by atoms with Crippen LogP contribution in [0, 0.1) is 11.8 Å². The molecule has 0 aromatic heterocycles. The highest BCUT2D eigenvalue weighted by atomic mass is 35.5. The van der Waals surface area contributed by atoms with Gasteiger partial charge in [-0.25, -0.2) is 0 Å². The number of hydrogen-bond acceptors (Lipinski definition) is 3.